The van der Waals surface area contributed by atoms with Gasteiger partial charge >= 0.3 is 0 Å². The van der Waals surface area contributed by atoms with E-state index in [2.05, 4.69) is 0 Å². The van der Waals surface area contributed by atoms with Crippen LogP contribution in [0.25, 0.3) is 0 Å². The van der Waals surface area contributed by atoms with Gasteiger partial charge in [0.15, 0.2) is 0 Å². The van der Waals surface area contributed by atoms with Gasteiger partial charge in [0.1, 0.15) is 0 Å². The Hall–Kier alpha value is -1.40. The Morgan fingerprint density at radius 1 is 1.29 bits per heavy atom. The standard InChI is InChI=1S/C11H16N2O3S/c1-13(9-11(12)14)17(15,16)8-7-10-5-3-2-4-6-10/h2-6H,7-9H2,1H3,(H2,12,14). The van der Waals surface area contributed by atoms with Crippen molar-refractivity contribution in [2.75, 3.05) is 19.3 Å². The van der Waals surface area contributed by atoms with E-state index in [1.165, 1.54) is 7.05 Å². The van der Waals surface area contributed by atoms with Gasteiger partial charge in [0.25, 0.3) is 0 Å². The van der Waals surface area contributed by atoms with E-state index in [0.717, 1.165) is 9.87 Å². The van der Waals surface area contributed by atoms with Crippen LogP contribution in [-0.2, 0) is 21.2 Å². The summed E-state index contributed by atoms with van der Waals surface area (Å²) in [6, 6.07) is 9.31. The first-order valence-corrected chi connectivity index (χ1v) is 6.79. The van der Waals surface area contributed by atoms with Crippen molar-refractivity contribution in [2.45, 2.75) is 6.42 Å². The van der Waals surface area contributed by atoms with Crippen LogP contribution in [0.5, 0.6) is 0 Å². The largest absolute Gasteiger partial charge is 0.369 e. The molecule has 0 saturated carbocycles. The monoisotopic (exact) mass is 256 g/mol. The van der Waals surface area contributed by atoms with Crippen LogP contribution >= 0.6 is 0 Å². The highest BCUT2D eigenvalue weighted by molar-refractivity contribution is 7.89. The van der Waals surface area contributed by atoms with E-state index in [1.807, 2.05) is 30.3 Å². The molecule has 17 heavy (non-hydrogen) atoms. The Bertz CT molecular complexity index is 471. The summed E-state index contributed by atoms with van der Waals surface area (Å²) >= 11 is 0. The van der Waals surface area contributed by atoms with Crippen LogP contribution in [0.2, 0.25) is 0 Å². The van der Waals surface area contributed by atoms with Gasteiger partial charge in [-0.3, -0.25) is 4.79 Å². The summed E-state index contributed by atoms with van der Waals surface area (Å²) < 4.78 is 24.5. The van der Waals surface area contributed by atoms with Crippen LogP contribution < -0.4 is 5.73 Å². The molecule has 1 aromatic carbocycles. The molecular weight excluding hydrogens is 240 g/mol. The highest BCUT2D eigenvalue weighted by atomic mass is 32.2. The minimum absolute atomic E-state index is 0.0270. The minimum Gasteiger partial charge on any atom is -0.369 e. The van der Waals surface area contributed by atoms with Crippen molar-refractivity contribution in [1.82, 2.24) is 4.31 Å². The maximum atomic E-state index is 11.8. The molecule has 0 aliphatic carbocycles. The molecule has 0 aliphatic heterocycles. The van der Waals surface area contributed by atoms with Gasteiger partial charge in [-0.25, -0.2) is 8.42 Å². The number of amides is 1. The van der Waals surface area contributed by atoms with E-state index in [9.17, 15) is 13.2 Å². The summed E-state index contributed by atoms with van der Waals surface area (Å²) in [6.07, 6.45) is 0.423. The molecule has 0 atom stereocenters. The number of primary amides is 1. The van der Waals surface area contributed by atoms with E-state index in [-0.39, 0.29) is 12.3 Å². The molecule has 0 heterocycles. The lowest BCUT2D eigenvalue weighted by Gasteiger charge is -2.15. The first-order valence-electron chi connectivity index (χ1n) is 5.18. The molecule has 0 bridgehead atoms. The molecule has 0 saturated heterocycles. The zero-order valence-corrected chi connectivity index (χ0v) is 10.5. The molecule has 0 spiro atoms. The Morgan fingerprint density at radius 2 is 1.88 bits per heavy atom. The molecule has 5 nitrogen and oxygen atoms in total. The molecule has 0 aromatic heterocycles. The molecule has 1 amide bonds. The Kier molecular flexibility index (Phi) is 4.65. The molecule has 0 fully saturated rings. The summed E-state index contributed by atoms with van der Waals surface area (Å²) in [5.41, 5.74) is 5.90. The fraction of sp³-hybridized carbons (Fsp3) is 0.364. The Balaban J connectivity index is 2.59. The van der Waals surface area contributed by atoms with E-state index < -0.39 is 15.9 Å². The molecule has 1 aromatic rings. The van der Waals surface area contributed by atoms with Crippen molar-refractivity contribution in [2.24, 2.45) is 5.73 Å². The first-order chi connectivity index (χ1) is 7.92. The number of hydrogen-bond acceptors (Lipinski definition) is 3. The zero-order chi connectivity index (χ0) is 12.9. The minimum atomic E-state index is -3.42. The lowest BCUT2D eigenvalue weighted by molar-refractivity contribution is -0.118. The third kappa shape index (κ3) is 4.54. The Morgan fingerprint density at radius 3 is 2.41 bits per heavy atom. The van der Waals surface area contributed by atoms with Crippen LogP contribution in [0.4, 0.5) is 0 Å². The summed E-state index contributed by atoms with van der Waals surface area (Å²) in [5.74, 6) is -0.684. The van der Waals surface area contributed by atoms with Gasteiger partial charge in [-0.05, 0) is 12.0 Å². The van der Waals surface area contributed by atoms with Crippen LogP contribution in [0.1, 0.15) is 5.56 Å². The fourth-order valence-corrected chi connectivity index (χ4v) is 2.49. The summed E-state index contributed by atoms with van der Waals surface area (Å²) in [4.78, 5) is 10.6. The topological polar surface area (TPSA) is 80.5 Å². The van der Waals surface area contributed by atoms with E-state index in [1.54, 1.807) is 0 Å². The predicted molar refractivity (Wildman–Crippen MR) is 65.8 cm³/mol. The highest BCUT2D eigenvalue weighted by Crippen LogP contribution is 2.04. The number of sulfonamides is 1. The third-order valence-electron chi connectivity index (χ3n) is 2.34. The van der Waals surface area contributed by atoms with Crippen molar-refractivity contribution < 1.29 is 13.2 Å². The first kappa shape index (κ1) is 13.7. The second-order valence-corrected chi connectivity index (χ2v) is 5.97. The van der Waals surface area contributed by atoms with E-state index >= 15 is 0 Å². The van der Waals surface area contributed by atoms with Crippen LogP contribution in [0, 0.1) is 0 Å². The third-order valence-corrected chi connectivity index (χ3v) is 4.14. The molecule has 0 aliphatic rings. The zero-order valence-electron chi connectivity index (χ0n) is 9.67. The van der Waals surface area contributed by atoms with Gasteiger partial charge in [-0.15, -0.1) is 0 Å². The molecule has 2 N–H and O–H groups in total. The van der Waals surface area contributed by atoms with Crippen molar-refractivity contribution in [1.29, 1.82) is 0 Å². The SMILES string of the molecule is CN(CC(N)=O)S(=O)(=O)CCc1ccccc1. The van der Waals surface area contributed by atoms with Crippen molar-refractivity contribution >= 4 is 15.9 Å². The Labute approximate surface area is 101 Å². The van der Waals surface area contributed by atoms with Crippen molar-refractivity contribution in [3.8, 4) is 0 Å². The molecule has 1 rings (SSSR count). The number of benzene rings is 1. The smallest absolute Gasteiger partial charge is 0.232 e. The number of carbonyl (C=O) groups excluding carboxylic acids is 1. The average molecular weight is 256 g/mol. The molecule has 0 radical (unpaired) electrons. The van der Waals surface area contributed by atoms with Gasteiger partial charge in [-0.1, -0.05) is 30.3 Å². The number of carbonyl (C=O) groups is 1. The number of rotatable bonds is 6. The maximum absolute atomic E-state index is 11.8. The van der Waals surface area contributed by atoms with Crippen LogP contribution in [-0.4, -0.2) is 38.0 Å². The van der Waals surface area contributed by atoms with Gasteiger partial charge in [0.2, 0.25) is 15.9 Å². The second-order valence-electron chi connectivity index (χ2n) is 3.77. The van der Waals surface area contributed by atoms with Gasteiger partial charge in [0.05, 0.1) is 12.3 Å². The fourth-order valence-electron chi connectivity index (χ4n) is 1.37. The normalized spacial score (nSPS) is 11.6. The summed E-state index contributed by atoms with van der Waals surface area (Å²) in [5, 5.41) is 0. The lowest BCUT2D eigenvalue weighted by atomic mass is 10.2. The number of nitrogens with zero attached hydrogens (tertiary/aromatic N) is 1. The lowest BCUT2D eigenvalue weighted by Crippen LogP contribution is -2.37. The van der Waals surface area contributed by atoms with E-state index in [4.69, 9.17) is 5.73 Å². The average Bonchev–Trinajstić information content (AvgIpc) is 2.27. The number of hydrogen-bond donors (Lipinski definition) is 1. The van der Waals surface area contributed by atoms with Crippen LogP contribution in [0.15, 0.2) is 30.3 Å². The predicted octanol–water partition coefficient (Wildman–Crippen LogP) is -0.0240. The van der Waals surface area contributed by atoms with Gasteiger partial charge < -0.3 is 5.73 Å². The van der Waals surface area contributed by atoms with Gasteiger partial charge in [0, 0.05) is 7.05 Å². The van der Waals surface area contributed by atoms with Crippen molar-refractivity contribution in [3.05, 3.63) is 35.9 Å². The highest BCUT2D eigenvalue weighted by Gasteiger charge is 2.18. The maximum Gasteiger partial charge on any atom is 0.232 e. The van der Waals surface area contributed by atoms with Gasteiger partial charge in [-0.2, -0.15) is 4.31 Å². The van der Waals surface area contributed by atoms with Crippen molar-refractivity contribution in [3.63, 3.8) is 0 Å². The van der Waals surface area contributed by atoms with Crippen LogP contribution in [0.3, 0.4) is 0 Å². The van der Waals surface area contributed by atoms with E-state index in [0.29, 0.717) is 6.42 Å². The molecule has 6 heteroatoms. The number of likely N-dealkylation sites (N-methyl/N-ethyl adjacent to an activating group) is 1. The number of aryl methyl sites for hydroxylation is 1. The quantitative estimate of drug-likeness (QED) is 0.776. The molecular formula is C11H16N2O3S. The summed E-state index contributed by atoms with van der Waals surface area (Å²) in [6.45, 7) is -0.281. The second kappa shape index (κ2) is 5.79. The number of nitrogens with two attached hydrogens (primary N) is 1. The summed E-state index contributed by atoms with van der Waals surface area (Å²) in [7, 11) is -2.07. The molecule has 0 unspecified atom stereocenters. The molecule has 94 valence electrons.